The van der Waals surface area contributed by atoms with Crippen molar-refractivity contribution in [2.75, 3.05) is 0 Å². The van der Waals surface area contributed by atoms with Crippen molar-refractivity contribution < 1.29 is 0 Å². The molecule has 1 aromatic heterocycles. The van der Waals surface area contributed by atoms with Gasteiger partial charge in [-0.15, -0.1) is 0 Å². The average Bonchev–Trinajstić information content (AvgIpc) is 3.58. The summed E-state index contributed by atoms with van der Waals surface area (Å²) in [5.74, 6) is 1.97. The van der Waals surface area contributed by atoms with E-state index in [1.165, 1.54) is 59.1 Å². The zero-order valence-electron chi connectivity index (χ0n) is 24.2. The Morgan fingerprint density at radius 3 is 2.05 bits per heavy atom. The molecule has 1 spiro atoms. The lowest BCUT2D eigenvalue weighted by atomic mass is 9.60. The molecule has 0 amide bonds. The number of para-hydroxylation sites is 1. The number of hydrogen-bond acceptors (Lipinski definition) is 1. The van der Waals surface area contributed by atoms with E-state index in [1.54, 1.807) is 0 Å². The first kappa shape index (κ1) is 26.7. The van der Waals surface area contributed by atoms with Gasteiger partial charge in [-0.3, -0.25) is 4.57 Å². The zero-order valence-corrected chi connectivity index (χ0v) is 27.4. The fourth-order valence-corrected chi connectivity index (χ4v) is 9.52. The van der Waals surface area contributed by atoms with E-state index in [1.807, 2.05) is 0 Å². The Morgan fingerprint density at radius 2 is 1.27 bits per heavy atom. The molecule has 4 heteroatoms. The van der Waals surface area contributed by atoms with E-state index in [-0.39, 0.29) is 5.41 Å². The van der Waals surface area contributed by atoms with Crippen LogP contribution in [-0.2, 0) is 5.41 Å². The van der Waals surface area contributed by atoms with Crippen LogP contribution < -0.4 is 0 Å². The van der Waals surface area contributed by atoms with Crippen LogP contribution in [0.5, 0.6) is 0 Å². The topological polar surface area (TPSA) is 17.8 Å². The zero-order chi connectivity index (χ0) is 29.4. The molecule has 44 heavy (non-hydrogen) atoms. The maximum Gasteiger partial charge on any atom is 0.145 e. The van der Waals surface area contributed by atoms with Crippen LogP contribution in [-0.4, -0.2) is 9.55 Å². The number of hydrogen-bond donors (Lipinski definition) is 0. The van der Waals surface area contributed by atoms with E-state index in [9.17, 15) is 0 Å². The van der Waals surface area contributed by atoms with Gasteiger partial charge in [0.15, 0.2) is 0 Å². The number of aromatic nitrogens is 2. The van der Waals surface area contributed by atoms with E-state index in [2.05, 4.69) is 158 Å². The Kier molecular flexibility index (Phi) is 6.15. The first-order chi connectivity index (χ1) is 21.7. The highest BCUT2D eigenvalue weighted by molar-refractivity contribution is 9.10. The molecular formula is C40H30Br2N2. The van der Waals surface area contributed by atoms with Gasteiger partial charge in [-0.05, 0) is 83.3 Å². The summed E-state index contributed by atoms with van der Waals surface area (Å²) in [5, 5.41) is 0. The summed E-state index contributed by atoms with van der Waals surface area (Å²) in [4.78, 5) is 5.60. The minimum absolute atomic E-state index is 0.297. The van der Waals surface area contributed by atoms with Crippen LogP contribution in [0.25, 0.3) is 39.6 Å². The number of imidazole rings is 1. The minimum Gasteiger partial charge on any atom is -0.292 e. The number of rotatable bonds is 2. The van der Waals surface area contributed by atoms with Gasteiger partial charge in [0.1, 0.15) is 5.82 Å². The predicted octanol–water partition coefficient (Wildman–Crippen LogP) is 11.3. The molecule has 0 N–H and O–H groups in total. The standard InChI is InChI=1S/C40H30Br2N2/c41-26-19-21-31-35(23-26)40(33-17-9-7-15-29(33)30-16-8-10-18-34(30)40)36-24-27(42)20-22-32(36)38-37(31)43-39(25-11-3-1-4-12-25)44(38)28-13-5-2-6-14-28/h1-7,9,11-15,17,19-24,30,34H,8,10,16,18H2/t30?,34?,40-/m1/s1. The van der Waals surface area contributed by atoms with E-state index in [0.717, 1.165) is 37.4 Å². The van der Waals surface area contributed by atoms with Crippen LogP contribution in [0.4, 0.5) is 0 Å². The first-order valence-corrected chi connectivity index (χ1v) is 17.2. The van der Waals surface area contributed by atoms with Crippen molar-refractivity contribution in [1.29, 1.82) is 0 Å². The van der Waals surface area contributed by atoms with Gasteiger partial charge in [0, 0.05) is 31.3 Å². The summed E-state index contributed by atoms with van der Waals surface area (Å²) in [6.45, 7) is 0. The molecule has 5 aromatic carbocycles. The van der Waals surface area contributed by atoms with Crippen LogP contribution >= 0.6 is 31.9 Å². The second kappa shape index (κ2) is 10.2. The molecule has 3 aliphatic rings. The Bertz CT molecular complexity index is 2060. The highest BCUT2D eigenvalue weighted by Crippen LogP contribution is 2.66. The smallest absolute Gasteiger partial charge is 0.145 e. The summed E-state index contributed by atoms with van der Waals surface area (Å²) in [5.41, 5.74) is 12.4. The SMILES string of the molecule is Brc1ccc2c(c1)[C@@]1(c3cc(Br)ccc3-c3c-2nc(-c2ccccc2)n3-c2ccccc2)c2ccccc2C2CCCCC21. The lowest BCUT2D eigenvalue weighted by Crippen LogP contribution is -2.37. The minimum atomic E-state index is -0.297. The predicted molar refractivity (Wildman–Crippen MR) is 186 cm³/mol. The third-order valence-corrected chi connectivity index (χ3v) is 11.3. The summed E-state index contributed by atoms with van der Waals surface area (Å²) < 4.78 is 4.63. The second-order valence-corrected chi connectivity index (χ2v) is 14.3. The number of benzene rings is 5. The largest absolute Gasteiger partial charge is 0.292 e. The molecule has 0 aliphatic heterocycles. The highest BCUT2D eigenvalue weighted by atomic mass is 79.9. The van der Waals surface area contributed by atoms with E-state index < -0.39 is 0 Å². The summed E-state index contributed by atoms with van der Waals surface area (Å²) in [6.07, 6.45) is 5.02. The Morgan fingerprint density at radius 1 is 0.636 bits per heavy atom. The molecule has 3 aliphatic carbocycles. The fraction of sp³-hybridized carbons (Fsp3) is 0.175. The van der Waals surface area contributed by atoms with Gasteiger partial charge < -0.3 is 0 Å². The normalized spacial score (nSPS) is 21.1. The summed E-state index contributed by atoms with van der Waals surface area (Å²) in [7, 11) is 0. The Hall–Kier alpha value is -3.73. The number of halogens is 2. The molecule has 3 atom stereocenters. The molecular weight excluding hydrogens is 668 g/mol. The van der Waals surface area contributed by atoms with Crippen LogP contribution in [0.1, 0.15) is 53.9 Å². The molecule has 6 aromatic rings. The maximum atomic E-state index is 5.60. The van der Waals surface area contributed by atoms with Crippen molar-refractivity contribution in [1.82, 2.24) is 9.55 Å². The van der Waals surface area contributed by atoms with Gasteiger partial charge in [0.25, 0.3) is 0 Å². The Labute approximate surface area is 275 Å². The molecule has 1 fully saturated rings. The van der Waals surface area contributed by atoms with Gasteiger partial charge >= 0.3 is 0 Å². The molecule has 0 radical (unpaired) electrons. The fourth-order valence-electron chi connectivity index (χ4n) is 8.80. The van der Waals surface area contributed by atoms with Crippen molar-refractivity contribution >= 4 is 31.9 Å². The monoisotopic (exact) mass is 696 g/mol. The molecule has 9 rings (SSSR count). The molecule has 2 nitrogen and oxygen atoms in total. The maximum absolute atomic E-state index is 5.60. The number of nitrogens with zero attached hydrogens (tertiary/aromatic N) is 2. The summed E-state index contributed by atoms with van der Waals surface area (Å²) >= 11 is 7.87. The van der Waals surface area contributed by atoms with Crippen LogP contribution in [0.3, 0.4) is 0 Å². The molecule has 2 unspecified atom stereocenters. The molecule has 1 saturated carbocycles. The van der Waals surface area contributed by atoms with Crippen LogP contribution in [0.2, 0.25) is 0 Å². The van der Waals surface area contributed by atoms with Crippen molar-refractivity contribution in [3.05, 3.63) is 153 Å². The molecule has 0 saturated heterocycles. The van der Waals surface area contributed by atoms with E-state index in [4.69, 9.17) is 4.98 Å². The van der Waals surface area contributed by atoms with Crippen molar-refractivity contribution in [3.63, 3.8) is 0 Å². The summed E-state index contributed by atoms with van der Waals surface area (Å²) in [6, 6.07) is 44.6. The molecule has 0 bridgehead atoms. The van der Waals surface area contributed by atoms with Crippen LogP contribution in [0, 0.1) is 5.92 Å². The van der Waals surface area contributed by atoms with Gasteiger partial charge in [0.2, 0.25) is 0 Å². The average molecular weight is 699 g/mol. The third kappa shape index (κ3) is 3.68. The van der Waals surface area contributed by atoms with Crippen molar-refractivity contribution in [2.45, 2.75) is 37.0 Å². The third-order valence-electron chi connectivity index (χ3n) is 10.4. The van der Waals surface area contributed by atoms with Crippen LogP contribution in [0.15, 0.2) is 130 Å². The molecule has 1 heterocycles. The highest BCUT2D eigenvalue weighted by Gasteiger charge is 2.57. The Balaban J connectivity index is 1.49. The van der Waals surface area contributed by atoms with E-state index >= 15 is 0 Å². The lowest BCUT2D eigenvalue weighted by molar-refractivity contribution is 0.263. The van der Waals surface area contributed by atoms with Crippen molar-refractivity contribution in [3.8, 4) is 39.6 Å². The first-order valence-electron chi connectivity index (χ1n) is 15.6. The van der Waals surface area contributed by atoms with Gasteiger partial charge in [-0.2, -0.15) is 0 Å². The molecule has 214 valence electrons. The second-order valence-electron chi connectivity index (χ2n) is 12.4. The van der Waals surface area contributed by atoms with Gasteiger partial charge in [-0.25, -0.2) is 4.98 Å². The van der Waals surface area contributed by atoms with Crippen molar-refractivity contribution in [2.24, 2.45) is 5.92 Å². The number of fused-ring (bicyclic) bond motifs is 12. The quantitative estimate of drug-likeness (QED) is 0.176. The lowest BCUT2D eigenvalue weighted by Gasteiger charge is -2.42. The van der Waals surface area contributed by atoms with E-state index in [0.29, 0.717) is 11.8 Å². The van der Waals surface area contributed by atoms with Gasteiger partial charge in [-0.1, -0.05) is 130 Å². The van der Waals surface area contributed by atoms with Gasteiger partial charge in [0.05, 0.1) is 16.8 Å².